The Hall–Kier alpha value is -1.18. The number of hydrogen-bond donors (Lipinski definition) is 1. The maximum absolute atomic E-state index is 9.80. The van der Waals surface area contributed by atoms with Gasteiger partial charge in [-0.15, -0.1) is 0 Å². The molecule has 2 rings (SSSR count). The lowest BCUT2D eigenvalue weighted by Gasteiger charge is -2.21. The van der Waals surface area contributed by atoms with Crippen molar-refractivity contribution in [3.63, 3.8) is 0 Å². The highest BCUT2D eigenvalue weighted by Crippen LogP contribution is 2.34. The topological polar surface area (TPSA) is 29.5 Å². The number of hydrogen-bond acceptors (Lipinski definition) is 2. The van der Waals surface area contributed by atoms with Gasteiger partial charge in [-0.2, -0.15) is 0 Å². The van der Waals surface area contributed by atoms with E-state index in [1.165, 1.54) is 12.8 Å². The molecule has 1 aliphatic carbocycles. The van der Waals surface area contributed by atoms with Crippen LogP contribution in [0.25, 0.3) is 0 Å². The molecular weight excluding hydrogens is 200 g/mol. The van der Waals surface area contributed by atoms with Crippen LogP contribution in [0.15, 0.2) is 18.2 Å². The molecule has 0 saturated heterocycles. The molecule has 0 aromatic heterocycles. The van der Waals surface area contributed by atoms with Gasteiger partial charge in [-0.25, -0.2) is 0 Å². The lowest BCUT2D eigenvalue weighted by molar-refractivity contribution is 0.298. The van der Waals surface area contributed by atoms with Crippen LogP contribution in [0.5, 0.6) is 11.5 Å². The largest absolute Gasteiger partial charge is 0.508 e. The summed E-state index contributed by atoms with van der Waals surface area (Å²) in [6.07, 6.45) is 2.59. The molecule has 1 saturated carbocycles. The van der Waals surface area contributed by atoms with Crippen LogP contribution in [0.4, 0.5) is 0 Å². The van der Waals surface area contributed by atoms with Crippen molar-refractivity contribution < 1.29 is 9.84 Å². The quantitative estimate of drug-likeness (QED) is 0.845. The molecule has 0 heterocycles. The van der Waals surface area contributed by atoms with Crippen LogP contribution in [-0.4, -0.2) is 11.7 Å². The third kappa shape index (κ3) is 2.69. The molecule has 1 N–H and O–H groups in total. The lowest BCUT2D eigenvalue weighted by atomic mass is 9.86. The van der Waals surface area contributed by atoms with Crippen LogP contribution in [-0.2, 0) is 5.41 Å². The summed E-state index contributed by atoms with van der Waals surface area (Å²) in [4.78, 5) is 0. The van der Waals surface area contributed by atoms with Crippen molar-refractivity contribution in [3.05, 3.63) is 23.8 Å². The van der Waals surface area contributed by atoms with E-state index in [1.807, 2.05) is 12.1 Å². The lowest BCUT2D eigenvalue weighted by Crippen LogP contribution is -2.11. The Bertz CT molecular complexity index is 373. The van der Waals surface area contributed by atoms with Crippen LogP contribution < -0.4 is 4.74 Å². The van der Waals surface area contributed by atoms with Crippen molar-refractivity contribution in [2.45, 2.75) is 39.0 Å². The van der Waals surface area contributed by atoms with Crippen molar-refractivity contribution in [1.29, 1.82) is 0 Å². The summed E-state index contributed by atoms with van der Waals surface area (Å²) in [5.41, 5.74) is 0.893. The summed E-state index contributed by atoms with van der Waals surface area (Å²) in [5, 5.41) is 9.80. The van der Waals surface area contributed by atoms with E-state index >= 15 is 0 Å². The van der Waals surface area contributed by atoms with Crippen LogP contribution in [0, 0.1) is 5.92 Å². The van der Waals surface area contributed by atoms with E-state index in [1.54, 1.807) is 6.07 Å². The minimum Gasteiger partial charge on any atom is -0.508 e. The molecule has 0 aliphatic heterocycles. The zero-order valence-corrected chi connectivity index (χ0v) is 10.3. The minimum atomic E-state index is -0.0525. The van der Waals surface area contributed by atoms with E-state index in [0.717, 1.165) is 23.8 Å². The van der Waals surface area contributed by atoms with Crippen molar-refractivity contribution in [3.8, 4) is 11.5 Å². The van der Waals surface area contributed by atoms with E-state index < -0.39 is 0 Å². The van der Waals surface area contributed by atoms with Gasteiger partial charge in [-0.3, -0.25) is 0 Å². The van der Waals surface area contributed by atoms with Gasteiger partial charge in [0.1, 0.15) is 11.5 Å². The fraction of sp³-hybridized carbons (Fsp3) is 0.571. The van der Waals surface area contributed by atoms with Crippen LogP contribution in [0.3, 0.4) is 0 Å². The molecule has 1 fully saturated rings. The first kappa shape index (κ1) is 11.3. The predicted molar refractivity (Wildman–Crippen MR) is 65.0 cm³/mol. The average molecular weight is 220 g/mol. The molecule has 0 amide bonds. The van der Waals surface area contributed by atoms with Crippen molar-refractivity contribution in [2.75, 3.05) is 6.61 Å². The molecule has 1 aromatic rings. The maximum Gasteiger partial charge on any atom is 0.119 e. The normalized spacial score (nSPS) is 16.2. The third-order valence-electron chi connectivity index (χ3n) is 2.96. The Morgan fingerprint density at radius 1 is 1.31 bits per heavy atom. The molecule has 0 radical (unpaired) electrons. The summed E-state index contributed by atoms with van der Waals surface area (Å²) in [7, 11) is 0. The first-order valence-electron chi connectivity index (χ1n) is 5.93. The highest BCUT2D eigenvalue weighted by atomic mass is 16.5. The Morgan fingerprint density at radius 2 is 2.00 bits per heavy atom. The number of phenolic OH excluding ortho intramolecular Hbond substituents is 1. The van der Waals surface area contributed by atoms with E-state index in [-0.39, 0.29) is 5.41 Å². The maximum atomic E-state index is 9.80. The molecule has 0 spiro atoms. The Kier molecular flexibility index (Phi) is 2.83. The Balaban J connectivity index is 2.13. The molecule has 0 unspecified atom stereocenters. The van der Waals surface area contributed by atoms with Gasteiger partial charge < -0.3 is 9.84 Å². The molecule has 1 aliphatic rings. The van der Waals surface area contributed by atoms with Crippen LogP contribution in [0.2, 0.25) is 0 Å². The van der Waals surface area contributed by atoms with Crippen LogP contribution in [0.1, 0.15) is 39.2 Å². The third-order valence-corrected chi connectivity index (χ3v) is 2.96. The molecule has 0 atom stereocenters. The van der Waals surface area contributed by atoms with Crippen LogP contribution >= 0.6 is 0 Å². The van der Waals surface area contributed by atoms with E-state index in [9.17, 15) is 5.11 Å². The second-order valence-electron chi connectivity index (χ2n) is 5.68. The zero-order chi connectivity index (χ0) is 11.8. The van der Waals surface area contributed by atoms with Gasteiger partial charge in [0.15, 0.2) is 0 Å². The molecule has 16 heavy (non-hydrogen) atoms. The van der Waals surface area contributed by atoms with Gasteiger partial charge in [0, 0.05) is 5.56 Å². The smallest absolute Gasteiger partial charge is 0.119 e. The second kappa shape index (κ2) is 4.00. The number of aromatic hydroxyl groups is 1. The summed E-state index contributed by atoms with van der Waals surface area (Å²) in [6.45, 7) is 7.08. The highest BCUT2D eigenvalue weighted by molar-refractivity contribution is 5.43. The molecule has 1 aromatic carbocycles. The molecule has 0 bridgehead atoms. The van der Waals surface area contributed by atoms with Gasteiger partial charge in [0.05, 0.1) is 6.61 Å². The summed E-state index contributed by atoms with van der Waals surface area (Å²) in [6, 6.07) is 5.52. The van der Waals surface area contributed by atoms with Crippen molar-refractivity contribution in [1.82, 2.24) is 0 Å². The van der Waals surface area contributed by atoms with Gasteiger partial charge >= 0.3 is 0 Å². The second-order valence-corrected chi connectivity index (χ2v) is 5.68. The van der Waals surface area contributed by atoms with E-state index in [0.29, 0.717) is 5.75 Å². The minimum absolute atomic E-state index is 0.0525. The van der Waals surface area contributed by atoms with E-state index in [4.69, 9.17) is 4.74 Å². The molecular formula is C14H20O2. The molecule has 88 valence electrons. The first-order chi connectivity index (χ1) is 7.47. The van der Waals surface area contributed by atoms with Gasteiger partial charge in [-0.05, 0) is 42.4 Å². The monoisotopic (exact) mass is 220 g/mol. The van der Waals surface area contributed by atoms with Gasteiger partial charge in [0.25, 0.3) is 0 Å². The van der Waals surface area contributed by atoms with E-state index in [2.05, 4.69) is 20.8 Å². The first-order valence-corrected chi connectivity index (χ1v) is 5.93. The Labute approximate surface area is 97.3 Å². The number of ether oxygens (including phenoxy) is 1. The fourth-order valence-electron chi connectivity index (χ4n) is 1.70. The predicted octanol–water partition coefficient (Wildman–Crippen LogP) is 3.48. The number of rotatable bonds is 3. The number of phenols is 1. The SMILES string of the molecule is CC(C)(C)c1cc(OCC2CC2)ccc1O. The molecule has 2 heteroatoms. The molecule has 2 nitrogen and oxygen atoms in total. The highest BCUT2D eigenvalue weighted by Gasteiger charge is 2.23. The van der Waals surface area contributed by atoms with Gasteiger partial charge in [0.2, 0.25) is 0 Å². The fourth-order valence-corrected chi connectivity index (χ4v) is 1.70. The summed E-state index contributed by atoms with van der Waals surface area (Å²) >= 11 is 0. The summed E-state index contributed by atoms with van der Waals surface area (Å²) < 4.78 is 5.71. The van der Waals surface area contributed by atoms with Crippen molar-refractivity contribution >= 4 is 0 Å². The van der Waals surface area contributed by atoms with Gasteiger partial charge in [-0.1, -0.05) is 20.8 Å². The summed E-state index contributed by atoms with van der Waals surface area (Å²) in [5.74, 6) is 1.98. The average Bonchev–Trinajstić information content (AvgIpc) is 2.98. The number of benzene rings is 1. The standard InChI is InChI=1S/C14H20O2/c1-14(2,3)12-8-11(6-7-13(12)15)16-9-10-4-5-10/h6-8,10,15H,4-5,9H2,1-3H3. The zero-order valence-electron chi connectivity index (χ0n) is 10.3. The Morgan fingerprint density at radius 3 is 2.56 bits per heavy atom. The van der Waals surface area contributed by atoms with Crippen molar-refractivity contribution in [2.24, 2.45) is 5.92 Å².